The fourth-order valence-corrected chi connectivity index (χ4v) is 2.82. The number of nitrogens with one attached hydrogen (secondary N) is 1. The van der Waals surface area contributed by atoms with E-state index in [0.29, 0.717) is 5.92 Å². The van der Waals surface area contributed by atoms with Gasteiger partial charge in [0.2, 0.25) is 5.91 Å². The largest absolute Gasteiger partial charge is 0.352 e. The van der Waals surface area contributed by atoms with Crippen LogP contribution in [-0.2, 0) is 4.79 Å². The van der Waals surface area contributed by atoms with Crippen molar-refractivity contribution in [3.8, 4) is 0 Å². The predicted molar refractivity (Wildman–Crippen MR) is 62.0 cm³/mol. The number of hydrogen-bond acceptors (Lipinski definition) is 1. The molecule has 1 N–H and O–H groups in total. The molecule has 0 aromatic carbocycles. The van der Waals surface area contributed by atoms with Gasteiger partial charge in [-0.05, 0) is 31.6 Å². The van der Waals surface area contributed by atoms with Crippen molar-refractivity contribution >= 4 is 17.5 Å². The smallest absolute Gasteiger partial charge is 0.220 e. The molecule has 0 aliphatic heterocycles. The van der Waals surface area contributed by atoms with Gasteiger partial charge in [-0.1, -0.05) is 19.3 Å². The minimum Gasteiger partial charge on any atom is -0.352 e. The Balaban J connectivity index is 1.71. The Kier molecular flexibility index (Phi) is 3.90. The van der Waals surface area contributed by atoms with Crippen LogP contribution in [0.15, 0.2) is 0 Å². The maximum absolute atomic E-state index is 11.7. The zero-order valence-corrected chi connectivity index (χ0v) is 9.93. The third-order valence-electron chi connectivity index (χ3n) is 3.73. The number of alkyl halides is 1. The highest BCUT2D eigenvalue weighted by atomic mass is 35.5. The summed E-state index contributed by atoms with van der Waals surface area (Å²) in [7, 11) is 0. The SMILES string of the molecule is O=C(CC1CCC1)NC1CCCCC1Cl. The van der Waals surface area contributed by atoms with Crippen molar-refractivity contribution < 1.29 is 4.79 Å². The van der Waals surface area contributed by atoms with E-state index in [-0.39, 0.29) is 17.3 Å². The van der Waals surface area contributed by atoms with Crippen molar-refractivity contribution in [2.45, 2.75) is 62.8 Å². The van der Waals surface area contributed by atoms with Gasteiger partial charge >= 0.3 is 0 Å². The van der Waals surface area contributed by atoms with Crippen LogP contribution in [0.25, 0.3) is 0 Å². The Morgan fingerprint density at radius 1 is 1.13 bits per heavy atom. The lowest BCUT2D eigenvalue weighted by Crippen LogP contribution is -2.43. The molecule has 0 radical (unpaired) electrons. The summed E-state index contributed by atoms with van der Waals surface area (Å²) in [6.07, 6.45) is 9.03. The van der Waals surface area contributed by atoms with E-state index in [1.807, 2.05) is 0 Å². The third kappa shape index (κ3) is 3.10. The molecule has 0 aromatic rings. The normalized spacial score (nSPS) is 32.1. The van der Waals surface area contributed by atoms with Gasteiger partial charge in [-0.25, -0.2) is 0 Å². The van der Waals surface area contributed by atoms with E-state index in [9.17, 15) is 4.79 Å². The molecule has 15 heavy (non-hydrogen) atoms. The first kappa shape index (κ1) is 11.3. The summed E-state index contributed by atoms with van der Waals surface area (Å²) < 4.78 is 0. The van der Waals surface area contributed by atoms with Gasteiger partial charge < -0.3 is 5.32 Å². The standard InChI is InChI=1S/C12H20ClNO/c13-10-6-1-2-7-11(10)14-12(15)8-9-4-3-5-9/h9-11H,1-8H2,(H,14,15). The Bertz CT molecular complexity index is 228. The van der Waals surface area contributed by atoms with Crippen LogP contribution in [0.2, 0.25) is 0 Å². The first-order chi connectivity index (χ1) is 7.25. The van der Waals surface area contributed by atoms with Crippen LogP contribution in [0.5, 0.6) is 0 Å². The van der Waals surface area contributed by atoms with Gasteiger partial charge in [0.1, 0.15) is 0 Å². The molecule has 0 heterocycles. The molecule has 2 fully saturated rings. The van der Waals surface area contributed by atoms with Crippen LogP contribution in [-0.4, -0.2) is 17.3 Å². The first-order valence-electron chi connectivity index (χ1n) is 6.19. The molecule has 2 rings (SSSR count). The van der Waals surface area contributed by atoms with Crippen molar-refractivity contribution in [1.82, 2.24) is 5.32 Å². The number of hydrogen-bond donors (Lipinski definition) is 1. The fraction of sp³-hybridized carbons (Fsp3) is 0.917. The van der Waals surface area contributed by atoms with Gasteiger partial charge in [-0.15, -0.1) is 11.6 Å². The van der Waals surface area contributed by atoms with Crippen LogP contribution < -0.4 is 5.32 Å². The summed E-state index contributed by atoms with van der Waals surface area (Å²) in [6, 6.07) is 0.230. The minimum atomic E-state index is 0.157. The summed E-state index contributed by atoms with van der Waals surface area (Å²) in [5.41, 5.74) is 0. The summed E-state index contributed by atoms with van der Waals surface area (Å²) >= 11 is 6.20. The van der Waals surface area contributed by atoms with Crippen molar-refractivity contribution in [2.24, 2.45) is 5.92 Å². The van der Waals surface area contributed by atoms with Gasteiger partial charge in [0.05, 0.1) is 5.38 Å². The lowest BCUT2D eigenvalue weighted by atomic mass is 9.82. The summed E-state index contributed by atoms with van der Waals surface area (Å²) in [5.74, 6) is 0.875. The maximum Gasteiger partial charge on any atom is 0.220 e. The van der Waals surface area contributed by atoms with Crippen LogP contribution in [0, 0.1) is 5.92 Å². The van der Waals surface area contributed by atoms with Gasteiger partial charge in [0.25, 0.3) is 0 Å². The maximum atomic E-state index is 11.7. The number of carbonyl (C=O) groups excluding carboxylic acids is 1. The average molecular weight is 230 g/mol. The van der Waals surface area contributed by atoms with Crippen molar-refractivity contribution in [1.29, 1.82) is 0 Å². The molecule has 2 atom stereocenters. The average Bonchev–Trinajstić information content (AvgIpc) is 2.16. The number of rotatable bonds is 3. The molecule has 2 unspecified atom stereocenters. The molecule has 2 nitrogen and oxygen atoms in total. The zero-order valence-electron chi connectivity index (χ0n) is 9.18. The van der Waals surface area contributed by atoms with Crippen molar-refractivity contribution in [3.05, 3.63) is 0 Å². The molecule has 2 aliphatic rings. The van der Waals surface area contributed by atoms with E-state index < -0.39 is 0 Å². The lowest BCUT2D eigenvalue weighted by molar-refractivity contribution is -0.123. The molecule has 0 bridgehead atoms. The van der Waals surface area contributed by atoms with Crippen molar-refractivity contribution in [2.75, 3.05) is 0 Å². The lowest BCUT2D eigenvalue weighted by Gasteiger charge is -2.30. The molecular formula is C12H20ClNO. The predicted octanol–water partition coefficient (Wildman–Crippen LogP) is 2.84. The van der Waals surface area contributed by atoms with E-state index >= 15 is 0 Å². The Morgan fingerprint density at radius 3 is 2.47 bits per heavy atom. The van der Waals surface area contributed by atoms with Crippen LogP contribution in [0.3, 0.4) is 0 Å². The van der Waals surface area contributed by atoms with E-state index in [4.69, 9.17) is 11.6 Å². The molecule has 2 aliphatic carbocycles. The Morgan fingerprint density at radius 2 is 1.87 bits per heavy atom. The zero-order chi connectivity index (χ0) is 10.7. The van der Waals surface area contributed by atoms with Crippen molar-refractivity contribution in [3.63, 3.8) is 0 Å². The van der Waals surface area contributed by atoms with E-state index in [2.05, 4.69) is 5.32 Å². The quantitative estimate of drug-likeness (QED) is 0.741. The van der Waals surface area contributed by atoms with Gasteiger partial charge in [-0.3, -0.25) is 4.79 Å². The fourth-order valence-electron chi connectivity index (χ4n) is 2.47. The number of amides is 1. The second kappa shape index (κ2) is 5.20. The summed E-state index contributed by atoms with van der Waals surface area (Å²) in [4.78, 5) is 11.7. The highest BCUT2D eigenvalue weighted by molar-refractivity contribution is 6.21. The third-order valence-corrected chi connectivity index (χ3v) is 4.25. The summed E-state index contributed by atoms with van der Waals surface area (Å²) in [5, 5.41) is 3.25. The molecule has 2 saturated carbocycles. The van der Waals surface area contributed by atoms with Crippen LogP contribution in [0.1, 0.15) is 51.4 Å². The molecule has 1 amide bonds. The molecule has 3 heteroatoms. The topological polar surface area (TPSA) is 29.1 Å². The van der Waals surface area contributed by atoms with Gasteiger partial charge in [0, 0.05) is 12.5 Å². The molecule has 86 valence electrons. The van der Waals surface area contributed by atoms with E-state index in [1.165, 1.54) is 32.1 Å². The molecule has 0 spiro atoms. The number of carbonyl (C=O) groups is 1. The Labute approximate surface area is 96.8 Å². The monoisotopic (exact) mass is 229 g/mol. The van der Waals surface area contributed by atoms with E-state index in [0.717, 1.165) is 19.3 Å². The highest BCUT2D eigenvalue weighted by Crippen LogP contribution is 2.29. The van der Waals surface area contributed by atoms with Crippen LogP contribution in [0.4, 0.5) is 0 Å². The second-order valence-corrected chi connectivity index (χ2v) is 5.54. The minimum absolute atomic E-state index is 0.157. The van der Waals surface area contributed by atoms with Gasteiger partial charge in [-0.2, -0.15) is 0 Å². The molecule has 0 aromatic heterocycles. The van der Waals surface area contributed by atoms with E-state index in [1.54, 1.807) is 0 Å². The van der Waals surface area contributed by atoms with Crippen LogP contribution >= 0.6 is 11.6 Å². The molecular weight excluding hydrogens is 210 g/mol. The first-order valence-corrected chi connectivity index (χ1v) is 6.63. The number of halogens is 1. The second-order valence-electron chi connectivity index (χ2n) is 4.98. The Hall–Kier alpha value is -0.240. The molecule has 0 saturated heterocycles. The van der Waals surface area contributed by atoms with Gasteiger partial charge in [0.15, 0.2) is 0 Å². The highest BCUT2D eigenvalue weighted by Gasteiger charge is 2.26. The summed E-state index contributed by atoms with van der Waals surface area (Å²) in [6.45, 7) is 0.